The molecule has 1 saturated heterocycles. The number of alkyl halides is 3. The molecule has 0 aliphatic carbocycles. The van der Waals surface area contributed by atoms with E-state index < -0.39 is 23.8 Å². The van der Waals surface area contributed by atoms with Crippen LogP contribution in [-0.4, -0.2) is 39.7 Å². The van der Waals surface area contributed by atoms with Crippen LogP contribution in [0.4, 0.5) is 29.5 Å². The van der Waals surface area contributed by atoms with Crippen molar-refractivity contribution in [1.29, 1.82) is 0 Å². The van der Waals surface area contributed by atoms with Crippen LogP contribution in [0.15, 0.2) is 72.9 Å². The zero-order valence-corrected chi connectivity index (χ0v) is 25.7. The Labute approximate surface area is 260 Å². The minimum atomic E-state index is -4.58. The molecular formula is C34H37F3N6O2. The third-order valence-electron chi connectivity index (χ3n) is 8.00. The molecule has 1 aliphatic rings. The first-order chi connectivity index (χ1) is 21.3. The Kier molecular flexibility index (Phi) is 9.11. The largest absolute Gasteiger partial charge is 0.433 e. The summed E-state index contributed by atoms with van der Waals surface area (Å²) in [6.07, 6.45) is -2.08. The number of aryl methyl sites for hydroxylation is 1. The lowest BCUT2D eigenvalue weighted by molar-refractivity contribution is -0.141. The van der Waals surface area contributed by atoms with Crippen molar-refractivity contribution in [3.8, 4) is 5.69 Å². The molecule has 5 rings (SSSR count). The van der Waals surface area contributed by atoms with Gasteiger partial charge in [-0.05, 0) is 80.7 Å². The summed E-state index contributed by atoms with van der Waals surface area (Å²) >= 11 is 0. The highest BCUT2D eigenvalue weighted by Crippen LogP contribution is 2.35. The number of pyridine rings is 1. The summed E-state index contributed by atoms with van der Waals surface area (Å²) in [5.41, 5.74) is 2.84. The maximum Gasteiger partial charge on any atom is 0.433 e. The smallest absolute Gasteiger partial charge is 0.317 e. The van der Waals surface area contributed by atoms with E-state index in [9.17, 15) is 22.8 Å². The second kappa shape index (κ2) is 12.8. The summed E-state index contributed by atoms with van der Waals surface area (Å²) in [5, 5.41) is 13.8. The molecule has 4 aromatic rings. The molecule has 3 heterocycles. The number of carbonyl (C=O) groups is 2. The fourth-order valence-corrected chi connectivity index (χ4v) is 5.47. The van der Waals surface area contributed by atoms with E-state index in [1.54, 1.807) is 28.9 Å². The first kappa shape index (κ1) is 31.9. The zero-order chi connectivity index (χ0) is 32.4. The van der Waals surface area contributed by atoms with Gasteiger partial charge >= 0.3 is 12.2 Å². The molecule has 0 radical (unpaired) electrons. The van der Waals surface area contributed by atoms with Gasteiger partial charge in [-0.3, -0.25) is 15.1 Å². The summed E-state index contributed by atoms with van der Waals surface area (Å²) < 4.78 is 40.9. The normalized spacial score (nSPS) is 15.0. The SMILES string of the molecule is Cc1ccc(-n2nc(C(C)(C)C)cc2NC(=O)Nc2ccc(C(C(=O)c3ccc(C(F)(F)F)nc3)C3CCNCC3)cc2)cc1. The van der Waals surface area contributed by atoms with E-state index in [4.69, 9.17) is 5.10 Å². The van der Waals surface area contributed by atoms with Crippen molar-refractivity contribution in [2.24, 2.45) is 5.92 Å². The fraction of sp³-hybridized carbons (Fsp3) is 0.353. The molecule has 236 valence electrons. The average Bonchev–Trinajstić information content (AvgIpc) is 3.43. The second-order valence-electron chi connectivity index (χ2n) is 12.5. The molecule has 1 fully saturated rings. The average molecular weight is 619 g/mol. The summed E-state index contributed by atoms with van der Waals surface area (Å²) in [7, 11) is 0. The molecule has 2 aromatic carbocycles. The topological polar surface area (TPSA) is 101 Å². The fourth-order valence-electron chi connectivity index (χ4n) is 5.47. The highest BCUT2D eigenvalue weighted by atomic mass is 19.4. The number of amides is 2. The third kappa shape index (κ3) is 7.59. The molecule has 3 N–H and O–H groups in total. The maximum absolute atomic E-state index is 13.7. The minimum Gasteiger partial charge on any atom is -0.317 e. The second-order valence-corrected chi connectivity index (χ2v) is 12.5. The van der Waals surface area contributed by atoms with Crippen molar-refractivity contribution in [3.63, 3.8) is 0 Å². The number of nitrogens with one attached hydrogen (secondary N) is 3. The van der Waals surface area contributed by atoms with Gasteiger partial charge in [0.1, 0.15) is 11.5 Å². The van der Waals surface area contributed by atoms with Gasteiger partial charge in [-0.1, -0.05) is 50.6 Å². The summed E-state index contributed by atoms with van der Waals surface area (Å²) in [6.45, 7) is 9.65. The lowest BCUT2D eigenvalue weighted by Crippen LogP contribution is -2.33. The first-order valence-electron chi connectivity index (χ1n) is 14.9. The molecule has 1 unspecified atom stereocenters. The number of nitrogens with zero attached hydrogens (tertiary/aromatic N) is 3. The van der Waals surface area contributed by atoms with Crippen LogP contribution in [-0.2, 0) is 11.6 Å². The number of hydrogen-bond donors (Lipinski definition) is 3. The number of halogens is 3. The van der Waals surface area contributed by atoms with Crippen molar-refractivity contribution >= 4 is 23.3 Å². The molecule has 2 amide bonds. The zero-order valence-electron chi connectivity index (χ0n) is 25.7. The summed E-state index contributed by atoms with van der Waals surface area (Å²) in [6, 6.07) is 18.3. The predicted octanol–water partition coefficient (Wildman–Crippen LogP) is 7.50. The van der Waals surface area contributed by atoms with E-state index in [1.807, 2.05) is 37.3 Å². The maximum atomic E-state index is 13.7. The van der Waals surface area contributed by atoms with Crippen LogP contribution in [0, 0.1) is 12.8 Å². The van der Waals surface area contributed by atoms with E-state index in [1.165, 1.54) is 6.07 Å². The van der Waals surface area contributed by atoms with Gasteiger partial charge in [0.2, 0.25) is 0 Å². The Hall–Kier alpha value is -4.51. The van der Waals surface area contributed by atoms with Crippen molar-refractivity contribution in [1.82, 2.24) is 20.1 Å². The molecule has 0 spiro atoms. The molecule has 0 saturated carbocycles. The summed E-state index contributed by atoms with van der Waals surface area (Å²) in [5.74, 6) is -0.323. The molecule has 11 heteroatoms. The van der Waals surface area contributed by atoms with Gasteiger partial charge in [-0.2, -0.15) is 18.3 Å². The predicted molar refractivity (Wildman–Crippen MR) is 168 cm³/mol. The number of urea groups is 1. The van der Waals surface area contributed by atoms with Crippen molar-refractivity contribution < 1.29 is 22.8 Å². The molecule has 8 nitrogen and oxygen atoms in total. The number of carbonyl (C=O) groups excluding carboxylic acids is 2. The van der Waals surface area contributed by atoms with Gasteiger partial charge in [0, 0.05) is 28.9 Å². The van der Waals surface area contributed by atoms with E-state index >= 15 is 0 Å². The van der Waals surface area contributed by atoms with E-state index in [-0.39, 0.29) is 22.7 Å². The van der Waals surface area contributed by atoms with Crippen LogP contribution in [0.25, 0.3) is 5.69 Å². The number of piperidine rings is 1. The Morgan fingerprint density at radius 1 is 0.911 bits per heavy atom. The Balaban J connectivity index is 1.35. The molecule has 1 aliphatic heterocycles. The Bertz CT molecular complexity index is 1630. The van der Waals surface area contributed by atoms with Gasteiger partial charge in [0.15, 0.2) is 5.78 Å². The summed E-state index contributed by atoms with van der Waals surface area (Å²) in [4.78, 5) is 30.3. The molecule has 45 heavy (non-hydrogen) atoms. The molecule has 2 aromatic heterocycles. The van der Waals surface area contributed by atoms with Gasteiger partial charge < -0.3 is 10.6 Å². The third-order valence-corrected chi connectivity index (χ3v) is 8.00. The van der Waals surface area contributed by atoms with E-state index in [2.05, 4.69) is 41.7 Å². The van der Waals surface area contributed by atoms with Crippen LogP contribution in [0.3, 0.4) is 0 Å². The molecule has 1 atom stereocenters. The minimum absolute atomic E-state index is 0.00206. The number of benzene rings is 2. The lowest BCUT2D eigenvalue weighted by atomic mass is 9.76. The monoisotopic (exact) mass is 618 g/mol. The number of aromatic nitrogens is 3. The Morgan fingerprint density at radius 2 is 1.58 bits per heavy atom. The van der Waals surface area contributed by atoms with Gasteiger partial charge in [-0.25, -0.2) is 9.48 Å². The van der Waals surface area contributed by atoms with Gasteiger partial charge in [0.25, 0.3) is 0 Å². The number of Topliss-reactive ketones (excluding diaryl/α,β-unsaturated/α-hetero) is 1. The van der Waals surface area contributed by atoms with E-state index in [0.29, 0.717) is 11.5 Å². The van der Waals surface area contributed by atoms with Crippen LogP contribution >= 0.6 is 0 Å². The number of anilines is 2. The molecular weight excluding hydrogens is 581 g/mol. The van der Waals surface area contributed by atoms with Crippen LogP contribution in [0.1, 0.15) is 72.4 Å². The quantitative estimate of drug-likeness (QED) is 0.186. The van der Waals surface area contributed by atoms with Crippen LogP contribution in [0.2, 0.25) is 0 Å². The van der Waals surface area contributed by atoms with Crippen LogP contribution < -0.4 is 16.0 Å². The number of ketones is 1. The van der Waals surface area contributed by atoms with Crippen molar-refractivity contribution in [3.05, 3.63) is 101 Å². The van der Waals surface area contributed by atoms with Gasteiger partial charge in [-0.15, -0.1) is 0 Å². The number of rotatable bonds is 7. The lowest BCUT2D eigenvalue weighted by Gasteiger charge is -2.30. The van der Waals surface area contributed by atoms with Crippen molar-refractivity contribution in [2.45, 2.75) is 58.0 Å². The highest BCUT2D eigenvalue weighted by Gasteiger charge is 2.35. The number of hydrogen-bond acceptors (Lipinski definition) is 5. The molecule has 0 bridgehead atoms. The Morgan fingerprint density at radius 3 is 2.16 bits per heavy atom. The first-order valence-corrected chi connectivity index (χ1v) is 14.9. The van der Waals surface area contributed by atoms with Crippen LogP contribution in [0.5, 0.6) is 0 Å². The van der Waals surface area contributed by atoms with Crippen molar-refractivity contribution in [2.75, 3.05) is 23.7 Å². The van der Waals surface area contributed by atoms with Gasteiger partial charge in [0.05, 0.1) is 17.3 Å². The standard InChI is InChI=1S/C34H37F3N6O2/c1-21-5-12-26(13-6-21)43-29(19-28(42-43)33(2,3)4)41-32(45)40-25-10-7-22(8-11-25)30(23-15-17-38-18-16-23)31(44)24-9-14-27(39-20-24)34(35,36)37/h5-14,19-20,23,30,38H,15-18H2,1-4H3,(H2,40,41,45). The van der Waals surface area contributed by atoms with E-state index in [0.717, 1.165) is 60.7 Å². The highest BCUT2D eigenvalue weighted by molar-refractivity contribution is 6.01.